The number of amides is 2. The number of likely N-dealkylation sites (tertiary alicyclic amines) is 1. The quantitative estimate of drug-likeness (QED) is 0.748. The summed E-state index contributed by atoms with van der Waals surface area (Å²) in [6.07, 6.45) is 4.08. The molecular formula is C22H29N5O3. The van der Waals surface area contributed by atoms with Gasteiger partial charge in [-0.3, -0.25) is 9.59 Å². The Bertz CT molecular complexity index is 898. The van der Waals surface area contributed by atoms with Gasteiger partial charge in [-0.15, -0.1) is 0 Å². The van der Waals surface area contributed by atoms with Crippen LogP contribution < -0.4 is 10.6 Å². The zero-order valence-corrected chi connectivity index (χ0v) is 17.8. The van der Waals surface area contributed by atoms with Gasteiger partial charge in [0.2, 0.25) is 17.8 Å². The van der Waals surface area contributed by atoms with Crippen molar-refractivity contribution in [2.45, 2.75) is 25.2 Å². The van der Waals surface area contributed by atoms with E-state index in [0.717, 1.165) is 36.2 Å². The van der Waals surface area contributed by atoms with Crippen LogP contribution in [0.15, 0.2) is 30.5 Å². The summed E-state index contributed by atoms with van der Waals surface area (Å²) in [4.78, 5) is 37.0. The molecule has 160 valence electrons. The number of methoxy groups -OCH3 is 1. The van der Waals surface area contributed by atoms with Gasteiger partial charge in [-0.05, 0) is 30.5 Å². The van der Waals surface area contributed by atoms with Crippen LogP contribution in [-0.4, -0.2) is 67.6 Å². The summed E-state index contributed by atoms with van der Waals surface area (Å²) in [5.74, 6) is 0.386. The first kappa shape index (κ1) is 21.7. The Labute approximate surface area is 177 Å². The molecule has 2 heterocycles. The third kappa shape index (κ3) is 4.94. The number of carbonyl (C=O) groups is 2. The summed E-state index contributed by atoms with van der Waals surface area (Å²) in [5.41, 5.74) is 8.57. The van der Waals surface area contributed by atoms with Crippen molar-refractivity contribution in [1.29, 1.82) is 0 Å². The number of nitrogens with zero attached hydrogens (tertiary/aromatic N) is 4. The number of anilines is 1. The molecule has 0 spiro atoms. The number of carbonyl (C=O) groups excluding carboxylic acids is 2. The van der Waals surface area contributed by atoms with Crippen LogP contribution in [0.3, 0.4) is 0 Å². The molecular weight excluding hydrogens is 382 g/mol. The van der Waals surface area contributed by atoms with E-state index in [0.29, 0.717) is 31.1 Å². The Morgan fingerprint density at radius 2 is 2.00 bits per heavy atom. The van der Waals surface area contributed by atoms with E-state index < -0.39 is 5.91 Å². The van der Waals surface area contributed by atoms with Crippen molar-refractivity contribution in [3.63, 3.8) is 0 Å². The van der Waals surface area contributed by atoms with Gasteiger partial charge in [-0.2, -0.15) is 0 Å². The number of nitrogens with two attached hydrogens (primary N) is 1. The first-order valence-electron chi connectivity index (χ1n) is 10.1. The normalized spacial score (nSPS) is 16.4. The molecule has 3 rings (SSSR count). The van der Waals surface area contributed by atoms with Gasteiger partial charge in [0.25, 0.3) is 0 Å². The van der Waals surface area contributed by atoms with Gasteiger partial charge in [-0.25, -0.2) is 9.97 Å². The number of hydrogen-bond donors (Lipinski definition) is 1. The lowest BCUT2D eigenvalue weighted by Crippen LogP contribution is -2.39. The number of piperidine rings is 1. The molecule has 8 heteroatoms. The van der Waals surface area contributed by atoms with Gasteiger partial charge in [0.1, 0.15) is 0 Å². The molecule has 0 saturated carbocycles. The summed E-state index contributed by atoms with van der Waals surface area (Å²) in [5, 5.41) is 0. The molecule has 1 fully saturated rings. The number of primary amides is 1. The van der Waals surface area contributed by atoms with Crippen molar-refractivity contribution in [3.05, 3.63) is 41.7 Å². The van der Waals surface area contributed by atoms with Crippen molar-refractivity contribution >= 4 is 17.8 Å². The van der Waals surface area contributed by atoms with Crippen molar-refractivity contribution in [2.24, 2.45) is 5.73 Å². The van der Waals surface area contributed by atoms with Crippen LogP contribution in [0.5, 0.6) is 0 Å². The van der Waals surface area contributed by atoms with E-state index >= 15 is 0 Å². The zero-order valence-electron chi connectivity index (χ0n) is 17.8. The number of rotatable bonds is 7. The number of aromatic nitrogens is 2. The average Bonchev–Trinajstić information content (AvgIpc) is 2.77. The van der Waals surface area contributed by atoms with E-state index in [1.54, 1.807) is 19.2 Å². The highest BCUT2D eigenvalue weighted by Gasteiger charge is 2.28. The van der Waals surface area contributed by atoms with Crippen LogP contribution in [0.1, 0.15) is 41.2 Å². The summed E-state index contributed by atoms with van der Waals surface area (Å²) < 4.78 is 5.05. The Morgan fingerprint density at radius 3 is 2.63 bits per heavy atom. The molecule has 1 aromatic carbocycles. The maximum Gasteiger partial charge on any atom is 0.248 e. The van der Waals surface area contributed by atoms with E-state index in [1.165, 1.54) is 0 Å². The van der Waals surface area contributed by atoms with Gasteiger partial charge in [0.15, 0.2) is 0 Å². The monoisotopic (exact) mass is 411 g/mol. The number of ether oxygens (including phenoxy) is 1. The second-order valence-corrected chi connectivity index (χ2v) is 7.73. The largest absolute Gasteiger partial charge is 0.384 e. The Morgan fingerprint density at radius 1 is 1.27 bits per heavy atom. The van der Waals surface area contributed by atoms with Crippen molar-refractivity contribution < 1.29 is 14.3 Å². The minimum atomic E-state index is -0.460. The topological polar surface area (TPSA) is 102 Å². The highest BCUT2D eigenvalue weighted by atomic mass is 16.5. The van der Waals surface area contributed by atoms with Gasteiger partial charge in [0.05, 0.1) is 18.7 Å². The van der Waals surface area contributed by atoms with Crippen molar-refractivity contribution in [3.8, 4) is 11.1 Å². The third-order valence-electron chi connectivity index (χ3n) is 5.37. The molecule has 1 aliphatic rings. The molecule has 1 saturated heterocycles. The Balaban J connectivity index is 1.94. The highest BCUT2D eigenvalue weighted by Crippen LogP contribution is 2.34. The van der Waals surface area contributed by atoms with E-state index in [-0.39, 0.29) is 11.8 Å². The fourth-order valence-corrected chi connectivity index (χ4v) is 3.72. The summed E-state index contributed by atoms with van der Waals surface area (Å²) in [6.45, 7) is 1.81. The third-order valence-corrected chi connectivity index (χ3v) is 5.37. The minimum Gasteiger partial charge on any atom is -0.384 e. The maximum atomic E-state index is 12.5. The lowest BCUT2D eigenvalue weighted by molar-refractivity contribution is -0.133. The van der Waals surface area contributed by atoms with Gasteiger partial charge in [0, 0.05) is 57.5 Å². The first-order chi connectivity index (χ1) is 14.4. The first-order valence-corrected chi connectivity index (χ1v) is 10.1. The maximum absolute atomic E-state index is 12.5. The van der Waals surface area contributed by atoms with E-state index in [1.807, 2.05) is 42.2 Å². The molecule has 2 aromatic rings. The second kappa shape index (κ2) is 9.67. The molecule has 1 atom stereocenters. The van der Waals surface area contributed by atoms with Gasteiger partial charge >= 0.3 is 0 Å². The van der Waals surface area contributed by atoms with Crippen LogP contribution in [0.4, 0.5) is 5.95 Å². The minimum absolute atomic E-state index is 0.107. The smallest absolute Gasteiger partial charge is 0.248 e. The molecule has 2 N–H and O–H groups in total. The summed E-state index contributed by atoms with van der Waals surface area (Å²) in [6, 6.07) is 7.15. The van der Waals surface area contributed by atoms with E-state index in [9.17, 15) is 9.59 Å². The molecule has 30 heavy (non-hydrogen) atoms. The molecule has 8 nitrogen and oxygen atoms in total. The van der Waals surface area contributed by atoms with E-state index in [4.69, 9.17) is 15.5 Å². The molecule has 2 amide bonds. The lowest BCUT2D eigenvalue weighted by atomic mass is 9.89. The number of benzene rings is 1. The molecule has 1 aliphatic heterocycles. The lowest BCUT2D eigenvalue weighted by Gasteiger charge is -2.33. The molecule has 0 unspecified atom stereocenters. The molecule has 0 radical (unpaired) electrons. The molecule has 1 aromatic heterocycles. The highest BCUT2D eigenvalue weighted by molar-refractivity contribution is 5.93. The predicted octanol–water partition coefficient (Wildman–Crippen LogP) is 2.05. The summed E-state index contributed by atoms with van der Waals surface area (Å²) >= 11 is 0. The zero-order chi connectivity index (χ0) is 21.7. The van der Waals surface area contributed by atoms with Gasteiger partial charge in [-0.1, -0.05) is 12.1 Å². The Kier molecular flexibility index (Phi) is 6.99. The fraction of sp³-hybridized carbons (Fsp3) is 0.455. The number of hydrogen-bond acceptors (Lipinski definition) is 6. The van der Waals surface area contributed by atoms with Gasteiger partial charge < -0.3 is 20.3 Å². The van der Waals surface area contributed by atoms with E-state index in [2.05, 4.69) is 4.98 Å². The summed E-state index contributed by atoms with van der Waals surface area (Å²) in [7, 11) is 5.41. The predicted molar refractivity (Wildman–Crippen MR) is 115 cm³/mol. The van der Waals surface area contributed by atoms with Crippen LogP contribution in [0, 0.1) is 0 Å². The van der Waals surface area contributed by atoms with Crippen LogP contribution in [-0.2, 0) is 9.53 Å². The fourth-order valence-electron chi connectivity index (χ4n) is 3.72. The standard InChI is InChI=1S/C22H29N5O3/c1-26(2)22-24-13-18(15-6-8-16(9-7-15)21(23)29)20(25-22)17-5-4-11-27(14-17)19(28)10-12-30-3/h6-9,13,17H,4-5,10-12,14H2,1-3H3,(H2,23,29)/t17-/m1/s1. The van der Waals surface area contributed by atoms with Crippen LogP contribution >= 0.6 is 0 Å². The second-order valence-electron chi connectivity index (χ2n) is 7.73. The van der Waals surface area contributed by atoms with Crippen molar-refractivity contribution in [2.75, 3.05) is 45.8 Å². The molecule has 0 bridgehead atoms. The van der Waals surface area contributed by atoms with Crippen LogP contribution in [0.25, 0.3) is 11.1 Å². The molecule has 0 aliphatic carbocycles. The average molecular weight is 412 g/mol. The van der Waals surface area contributed by atoms with Crippen LogP contribution in [0.2, 0.25) is 0 Å². The van der Waals surface area contributed by atoms with Crippen molar-refractivity contribution in [1.82, 2.24) is 14.9 Å². The Hall–Kier alpha value is -3.00. The SMILES string of the molecule is COCCC(=O)N1CCC[C@@H](c2nc(N(C)C)ncc2-c2ccc(C(N)=O)cc2)C1.